The van der Waals surface area contributed by atoms with Crippen LogP contribution in [-0.4, -0.2) is 20.2 Å². The van der Waals surface area contributed by atoms with Crippen molar-refractivity contribution >= 4 is 0 Å². The molecule has 0 spiro atoms. The van der Waals surface area contributed by atoms with Crippen molar-refractivity contribution in [3.8, 4) is 11.5 Å². The number of aromatic nitrogens is 4. The molecule has 4 heteroatoms. The van der Waals surface area contributed by atoms with Crippen LogP contribution in [-0.2, 0) is 0 Å². The zero-order valence-corrected chi connectivity index (χ0v) is 7.18. The summed E-state index contributed by atoms with van der Waals surface area (Å²) >= 11 is 0. The summed E-state index contributed by atoms with van der Waals surface area (Å²) in [7, 11) is 0. The van der Waals surface area contributed by atoms with Gasteiger partial charge >= 0.3 is 0 Å². The van der Waals surface area contributed by atoms with E-state index in [0.717, 1.165) is 11.4 Å². The number of nitrogens with zero attached hydrogens (tertiary/aromatic N) is 4. The Morgan fingerprint density at radius 2 is 2.08 bits per heavy atom. The summed E-state index contributed by atoms with van der Waals surface area (Å²) in [5, 5.41) is 7.60. The van der Waals surface area contributed by atoms with Gasteiger partial charge in [0.05, 0.1) is 6.20 Å². The van der Waals surface area contributed by atoms with Crippen LogP contribution in [0, 0.1) is 6.92 Å². The fraction of sp³-hybridized carbons (Fsp3) is 0.111. The van der Waals surface area contributed by atoms with Gasteiger partial charge in [0.1, 0.15) is 5.69 Å². The van der Waals surface area contributed by atoms with E-state index >= 15 is 0 Å². The Morgan fingerprint density at radius 1 is 1.15 bits per heavy atom. The second-order valence-electron chi connectivity index (χ2n) is 2.63. The first kappa shape index (κ1) is 7.79. The third-order valence-electron chi connectivity index (χ3n) is 1.60. The molecule has 0 aliphatic carbocycles. The van der Waals surface area contributed by atoms with Crippen molar-refractivity contribution in [2.75, 3.05) is 0 Å². The topological polar surface area (TPSA) is 51.6 Å². The van der Waals surface area contributed by atoms with Gasteiger partial charge in [0.25, 0.3) is 0 Å². The Labute approximate surface area is 75.7 Å². The van der Waals surface area contributed by atoms with Crippen LogP contribution in [0.2, 0.25) is 0 Å². The third kappa shape index (κ3) is 1.66. The standard InChI is InChI=1S/C9H8N4/c1-7-3-2-4-8(12-7)9-10-5-6-11-13-9/h2-6H,1H3. The molecule has 2 aromatic heterocycles. The van der Waals surface area contributed by atoms with Gasteiger partial charge in [-0.3, -0.25) is 0 Å². The van der Waals surface area contributed by atoms with E-state index in [2.05, 4.69) is 20.2 Å². The number of hydrogen-bond acceptors (Lipinski definition) is 4. The number of pyridine rings is 1. The molecular weight excluding hydrogens is 164 g/mol. The van der Waals surface area contributed by atoms with Gasteiger partial charge in [-0.25, -0.2) is 9.97 Å². The molecule has 2 heterocycles. The normalized spacial score (nSPS) is 9.92. The molecule has 0 saturated heterocycles. The molecule has 2 rings (SSSR count). The van der Waals surface area contributed by atoms with E-state index in [1.165, 1.54) is 0 Å². The number of rotatable bonds is 1. The van der Waals surface area contributed by atoms with Gasteiger partial charge in [0, 0.05) is 11.9 Å². The van der Waals surface area contributed by atoms with Crippen molar-refractivity contribution in [3.05, 3.63) is 36.3 Å². The fourth-order valence-electron chi connectivity index (χ4n) is 1.03. The summed E-state index contributed by atoms with van der Waals surface area (Å²) in [5.74, 6) is 0.561. The molecule has 0 aliphatic rings. The van der Waals surface area contributed by atoms with E-state index in [9.17, 15) is 0 Å². The Morgan fingerprint density at radius 3 is 2.77 bits per heavy atom. The van der Waals surface area contributed by atoms with E-state index in [1.807, 2.05) is 25.1 Å². The van der Waals surface area contributed by atoms with Crippen LogP contribution in [0.25, 0.3) is 11.5 Å². The molecule has 0 aromatic carbocycles. The summed E-state index contributed by atoms with van der Waals surface area (Å²) in [6.45, 7) is 1.93. The Hall–Kier alpha value is -1.84. The lowest BCUT2D eigenvalue weighted by molar-refractivity contribution is 0.967. The number of hydrogen-bond donors (Lipinski definition) is 0. The van der Waals surface area contributed by atoms with E-state index < -0.39 is 0 Å². The van der Waals surface area contributed by atoms with Crippen molar-refractivity contribution in [2.24, 2.45) is 0 Å². The van der Waals surface area contributed by atoms with Crippen molar-refractivity contribution < 1.29 is 0 Å². The average Bonchev–Trinajstić information content (AvgIpc) is 2.19. The molecule has 13 heavy (non-hydrogen) atoms. The maximum absolute atomic E-state index is 4.28. The zero-order valence-electron chi connectivity index (χ0n) is 7.18. The van der Waals surface area contributed by atoms with E-state index in [4.69, 9.17) is 0 Å². The maximum Gasteiger partial charge on any atom is 0.200 e. The average molecular weight is 172 g/mol. The van der Waals surface area contributed by atoms with Gasteiger partial charge in [0.2, 0.25) is 0 Å². The minimum Gasteiger partial charge on any atom is -0.250 e. The van der Waals surface area contributed by atoms with Crippen molar-refractivity contribution in [1.82, 2.24) is 20.2 Å². The first-order valence-electron chi connectivity index (χ1n) is 3.94. The summed E-state index contributed by atoms with van der Waals surface area (Å²) in [4.78, 5) is 8.33. The molecule has 0 amide bonds. The molecule has 0 bridgehead atoms. The molecule has 0 radical (unpaired) electrons. The fourth-order valence-corrected chi connectivity index (χ4v) is 1.03. The van der Waals surface area contributed by atoms with Gasteiger partial charge in [-0.05, 0) is 19.1 Å². The number of aryl methyl sites for hydroxylation is 1. The second-order valence-corrected chi connectivity index (χ2v) is 2.63. The Kier molecular flexibility index (Phi) is 1.96. The second kappa shape index (κ2) is 3.26. The monoisotopic (exact) mass is 172 g/mol. The highest BCUT2D eigenvalue weighted by atomic mass is 15.1. The van der Waals surface area contributed by atoms with Crippen LogP contribution < -0.4 is 0 Å². The van der Waals surface area contributed by atoms with Gasteiger partial charge in [0.15, 0.2) is 5.82 Å². The van der Waals surface area contributed by atoms with E-state index in [0.29, 0.717) is 5.82 Å². The van der Waals surface area contributed by atoms with E-state index in [-0.39, 0.29) is 0 Å². The molecule has 2 aromatic rings. The summed E-state index contributed by atoms with van der Waals surface area (Å²) < 4.78 is 0. The predicted octanol–water partition coefficient (Wildman–Crippen LogP) is 1.24. The molecule has 0 aliphatic heterocycles. The molecule has 64 valence electrons. The largest absolute Gasteiger partial charge is 0.250 e. The van der Waals surface area contributed by atoms with Gasteiger partial charge < -0.3 is 0 Å². The van der Waals surface area contributed by atoms with Gasteiger partial charge in [-0.15, -0.1) is 5.10 Å². The van der Waals surface area contributed by atoms with Gasteiger partial charge in [-0.1, -0.05) is 6.07 Å². The van der Waals surface area contributed by atoms with Crippen molar-refractivity contribution in [2.45, 2.75) is 6.92 Å². The Balaban J connectivity index is 2.48. The smallest absolute Gasteiger partial charge is 0.200 e. The first-order valence-corrected chi connectivity index (χ1v) is 3.94. The molecular formula is C9H8N4. The highest BCUT2D eigenvalue weighted by Gasteiger charge is 2.00. The lowest BCUT2D eigenvalue weighted by Gasteiger charge is -1.97. The minimum atomic E-state index is 0.561. The van der Waals surface area contributed by atoms with Crippen molar-refractivity contribution in [1.29, 1.82) is 0 Å². The maximum atomic E-state index is 4.28. The van der Waals surface area contributed by atoms with Crippen LogP contribution in [0.3, 0.4) is 0 Å². The van der Waals surface area contributed by atoms with Crippen LogP contribution in [0.15, 0.2) is 30.6 Å². The molecule has 0 N–H and O–H groups in total. The van der Waals surface area contributed by atoms with Crippen LogP contribution in [0.5, 0.6) is 0 Å². The Bertz CT molecular complexity index is 399. The summed E-state index contributed by atoms with van der Waals surface area (Å²) in [6, 6.07) is 5.72. The lowest BCUT2D eigenvalue weighted by Crippen LogP contribution is -1.93. The van der Waals surface area contributed by atoms with Crippen LogP contribution >= 0.6 is 0 Å². The molecule has 4 nitrogen and oxygen atoms in total. The predicted molar refractivity (Wildman–Crippen MR) is 47.8 cm³/mol. The first-order chi connectivity index (χ1) is 6.36. The summed E-state index contributed by atoms with van der Waals surface area (Å²) in [6.07, 6.45) is 3.14. The van der Waals surface area contributed by atoms with E-state index in [1.54, 1.807) is 12.4 Å². The van der Waals surface area contributed by atoms with Crippen LogP contribution in [0.1, 0.15) is 5.69 Å². The lowest BCUT2D eigenvalue weighted by atomic mass is 10.3. The molecule has 0 saturated carbocycles. The highest BCUT2D eigenvalue weighted by molar-refractivity contribution is 5.47. The van der Waals surface area contributed by atoms with Crippen LogP contribution in [0.4, 0.5) is 0 Å². The SMILES string of the molecule is Cc1cccc(-c2nccnn2)n1. The van der Waals surface area contributed by atoms with Crippen molar-refractivity contribution in [3.63, 3.8) is 0 Å². The highest BCUT2D eigenvalue weighted by Crippen LogP contribution is 2.09. The molecule has 0 atom stereocenters. The summed E-state index contributed by atoms with van der Waals surface area (Å²) in [5.41, 5.74) is 1.71. The molecule has 0 fully saturated rings. The third-order valence-corrected chi connectivity index (χ3v) is 1.60. The quantitative estimate of drug-likeness (QED) is 0.649. The molecule has 0 unspecified atom stereocenters. The zero-order chi connectivity index (χ0) is 9.10. The van der Waals surface area contributed by atoms with Gasteiger partial charge in [-0.2, -0.15) is 5.10 Å². The minimum absolute atomic E-state index is 0.561.